The topological polar surface area (TPSA) is 47.7 Å². The maximum absolute atomic E-state index is 6.01. The molecule has 106 valence electrons. The van der Waals surface area contributed by atoms with E-state index in [1.54, 1.807) is 0 Å². The molecule has 0 amide bonds. The zero-order valence-electron chi connectivity index (χ0n) is 11.8. The van der Waals surface area contributed by atoms with Crippen LogP contribution < -0.4 is 15.2 Å². The molecular weight excluding hydrogens is 240 g/mol. The summed E-state index contributed by atoms with van der Waals surface area (Å²) in [5, 5.41) is 0. The lowest BCUT2D eigenvalue weighted by molar-refractivity contribution is 0.222. The Morgan fingerprint density at radius 1 is 1.21 bits per heavy atom. The molecule has 2 unspecified atom stereocenters. The molecule has 1 fully saturated rings. The fraction of sp³-hybridized carbons (Fsp3) is 0.600. The summed E-state index contributed by atoms with van der Waals surface area (Å²) in [6.45, 7) is 8.45. The second-order valence-electron chi connectivity index (χ2n) is 5.13. The van der Waals surface area contributed by atoms with Crippen LogP contribution in [-0.4, -0.2) is 43.8 Å². The van der Waals surface area contributed by atoms with E-state index in [0.29, 0.717) is 25.2 Å². The van der Waals surface area contributed by atoms with Gasteiger partial charge in [-0.3, -0.25) is 4.90 Å². The fourth-order valence-corrected chi connectivity index (χ4v) is 2.41. The summed E-state index contributed by atoms with van der Waals surface area (Å²) < 4.78 is 11.3. The van der Waals surface area contributed by atoms with Crippen LogP contribution in [-0.2, 0) is 0 Å². The molecule has 0 bridgehead atoms. The van der Waals surface area contributed by atoms with Crippen molar-refractivity contribution in [2.45, 2.75) is 19.9 Å². The predicted molar refractivity (Wildman–Crippen MR) is 76.7 cm³/mol. The third-order valence-corrected chi connectivity index (χ3v) is 3.56. The maximum Gasteiger partial charge on any atom is 0.161 e. The number of hydrogen-bond donors (Lipinski definition) is 1. The summed E-state index contributed by atoms with van der Waals surface area (Å²) in [5.74, 6) is 2.22. The molecule has 19 heavy (non-hydrogen) atoms. The molecule has 0 aliphatic carbocycles. The molecule has 1 aromatic carbocycles. The normalized spacial score (nSPS) is 23.5. The minimum absolute atomic E-state index is 0.302. The number of benzene rings is 1. The van der Waals surface area contributed by atoms with Crippen molar-refractivity contribution in [3.05, 3.63) is 24.3 Å². The van der Waals surface area contributed by atoms with Gasteiger partial charge in [-0.2, -0.15) is 0 Å². The van der Waals surface area contributed by atoms with Crippen LogP contribution in [0.1, 0.15) is 13.8 Å². The van der Waals surface area contributed by atoms with Gasteiger partial charge in [0, 0.05) is 25.7 Å². The molecule has 0 radical (unpaired) electrons. The molecule has 0 spiro atoms. The average Bonchev–Trinajstić information content (AvgIpc) is 2.71. The lowest BCUT2D eigenvalue weighted by atomic mass is 10.1. The van der Waals surface area contributed by atoms with Crippen LogP contribution in [0.5, 0.6) is 11.5 Å². The van der Waals surface area contributed by atoms with Crippen molar-refractivity contribution >= 4 is 0 Å². The van der Waals surface area contributed by atoms with Gasteiger partial charge in [0.2, 0.25) is 0 Å². The minimum atomic E-state index is 0.302. The SMILES string of the molecule is CCOc1ccccc1OCCN1CC(C)C(N)C1. The van der Waals surface area contributed by atoms with Crippen LogP contribution in [0.3, 0.4) is 0 Å². The molecule has 0 aromatic heterocycles. The first-order chi connectivity index (χ1) is 9.20. The molecule has 2 N–H and O–H groups in total. The summed E-state index contributed by atoms with van der Waals surface area (Å²) in [6.07, 6.45) is 0. The number of ether oxygens (including phenoxy) is 2. The number of likely N-dealkylation sites (tertiary alicyclic amines) is 1. The summed E-state index contributed by atoms with van der Waals surface area (Å²) in [5.41, 5.74) is 6.01. The van der Waals surface area contributed by atoms with Gasteiger partial charge in [-0.05, 0) is 25.0 Å². The number of hydrogen-bond acceptors (Lipinski definition) is 4. The van der Waals surface area contributed by atoms with Gasteiger partial charge in [0.05, 0.1) is 6.61 Å². The van der Waals surface area contributed by atoms with Gasteiger partial charge in [-0.25, -0.2) is 0 Å². The summed E-state index contributed by atoms with van der Waals surface area (Å²) in [7, 11) is 0. The highest BCUT2D eigenvalue weighted by atomic mass is 16.5. The third kappa shape index (κ3) is 3.85. The van der Waals surface area contributed by atoms with E-state index in [2.05, 4.69) is 11.8 Å². The van der Waals surface area contributed by atoms with Gasteiger partial charge in [0.15, 0.2) is 11.5 Å². The Balaban J connectivity index is 1.80. The first-order valence-electron chi connectivity index (χ1n) is 7.03. The van der Waals surface area contributed by atoms with E-state index < -0.39 is 0 Å². The van der Waals surface area contributed by atoms with E-state index in [4.69, 9.17) is 15.2 Å². The highest BCUT2D eigenvalue weighted by Crippen LogP contribution is 2.26. The molecule has 0 saturated carbocycles. The van der Waals surface area contributed by atoms with Crippen molar-refractivity contribution in [3.8, 4) is 11.5 Å². The van der Waals surface area contributed by atoms with Gasteiger partial charge < -0.3 is 15.2 Å². The van der Waals surface area contributed by atoms with Crippen molar-refractivity contribution in [3.63, 3.8) is 0 Å². The highest BCUT2D eigenvalue weighted by molar-refractivity contribution is 5.39. The van der Waals surface area contributed by atoms with E-state index in [0.717, 1.165) is 31.1 Å². The van der Waals surface area contributed by atoms with Gasteiger partial charge in [-0.15, -0.1) is 0 Å². The third-order valence-electron chi connectivity index (χ3n) is 3.56. The van der Waals surface area contributed by atoms with Crippen LogP contribution in [0.15, 0.2) is 24.3 Å². The van der Waals surface area contributed by atoms with E-state index in [9.17, 15) is 0 Å². The average molecular weight is 264 g/mol. The van der Waals surface area contributed by atoms with Gasteiger partial charge in [0.1, 0.15) is 6.61 Å². The zero-order chi connectivity index (χ0) is 13.7. The Morgan fingerprint density at radius 2 is 1.89 bits per heavy atom. The van der Waals surface area contributed by atoms with E-state index >= 15 is 0 Å². The molecule has 1 heterocycles. The first kappa shape index (κ1) is 14.2. The standard InChI is InChI=1S/C15H24N2O2/c1-3-18-14-6-4-5-7-15(14)19-9-8-17-10-12(2)13(16)11-17/h4-7,12-13H,3,8-11,16H2,1-2H3. The molecule has 4 heteroatoms. The van der Waals surface area contributed by atoms with Crippen molar-refractivity contribution in [1.29, 1.82) is 0 Å². The lowest BCUT2D eigenvalue weighted by Gasteiger charge is -2.16. The Hall–Kier alpha value is -1.26. The smallest absolute Gasteiger partial charge is 0.161 e. The molecular formula is C15H24N2O2. The summed E-state index contributed by atoms with van der Waals surface area (Å²) in [6, 6.07) is 8.11. The Bertz CT molecular complexity index is 387. The highest BCUT2D eigenvalue weighted by Gasteiger charge is 2.25. The van der Waals surface area contributed by atoms with Crippen LogP contribution in [0.4, 0.5) is 0 Å². The van der Waals surface area contributed by atoms with Crippen molar-refractivity contribution in [2.24, 2.45) is 11.7 Å². The van der Waals surface area contributed by atoms with E-state index in [1.807, 2.05) is 31.2 Å². The molecule has 1 aliphatic heterocycles. The Morgan fingerprint density at radius 3 is 2.47 bits per heavy atom. The van der Waals surface area contributed by atoms with Crippen LogP contribution in [0.25, 0.3) is 0 Å². The molecule has 1 aliphatic rings. The zero-order valence-corrected chi connectivity index (χ0v) is 11.8. The summed E-state index contributed by atoms with van der Waals surface area (Å²) >= 11 is 0. The molecule has 1 saturated heterocycles. The monoisotopic (exact) mass is 264 g/mol. The molecule has 2 rings (SSSR count). The fourth-order valence-electron chi connectivity index (χ4n) is 2.41. The van der Waals surface area contributed by atoms with Crippen molar-refractivity contribution < 1.29 is 9.47 Å². The number of nitrogens with two attached hydrogens (primary N) is 1. The minimum Gasteiger partial charge on any atom is -0.490 e. The van der Waals surface area contributed by atoms with Crippen LogP contribution in [0.2, 0.25) is 0 Å². The van der Waals surface area contributed by atoms with Crippen LogP contribution >= 0.6 is 0 Å². The second kappa shape index (κ2) is 6.78. The Kier molecular flexibility index (Phi) is 5.05. The predicted octanol–water partition coefficient (Wildman–Crippen LogP) is 1.74. The Labute approximate surface area is 115 Å². The maximum atomic E-state index is 6.01. The van der Waals surface area contributed by atoms with Gasteiger partial charge >= 0.3 is 0 Å². The largest absolute Gasteiger partial charge is 0.490 e. The van der Waals surface area contributed by atoms with Gasteiger partial charge in [0.25, 0.3) is 0 Å². The number of nitrogens with zero attached hydrogens (tertiary/aromatic N) is 1. The molecule has 4 nitrogen and oxygen atoms in total. The number of rotatable bonds is 6. The molecule has 1 aromatic rings. The van der Waals surface area contributed by atoms with E-state index in [-0.39, 0.29) is 0 Å². The van der Waals surface area contributed by atoms with Crippen molar-refractivity contribution in [1.82, 2.24) is 4.90 Å². The number of para-hydroxylation sites is 2. The first-order valence-corrected chi connectivity index (χ1v) is 7.03. The van der Waals surface area contributed by atoms with Gasteiger partial charge in [-0.1, -0.05) is 19.1 Å². The second-order valence-corrected chi connectivity index (χ2v) is 5.13. The van der Waals surface area contributed by atoms with E-state index in [1.165, 1.54) is 0 Å². The quantitative estimate of drug-likeness (QED) is 0.850. The summed E-state index contributed by atoms with van der Waals surface area (Å²) in [4.78, 5) is 2.36. The molecule has 2 atom stereocenters. The van der Waals surface area contributed by atoms with Crippen LogP contribution in [0, 0.1) is 5.92 Å². The lowest BCUT2D eigenvalue weighted by Crippen LogP contribution is -2.30. The van der Waals surface area contributed by atoms with Crippen molar-refractivity contribution in [2.75, 3.05) is 32.8 Å².